The summed E-state index contributed by atoms with van der Waals surface area (Å²) in [4.78, 5) is 8.44. The Bertz CT molecular complexity index is 601. The Balaban J connectivity index is 1.93. The predicted molar refractivity (Wildman–Crippen MR) is 71.6 cm³/mol. The van der Waals surface area contributed by atoms with E-state index in [1.165, 1.54) is 6.33 Å². The van der Waals surface area contributed by atoms with Crippen LogP contribution in [0.3, 0.4) is 0 Å². The molecule has 0 amide bonds. The molecule has 0 saturated carbocycles. The highest BCUT2D eigenvalue weighted by molar-refractivity contribution is 5.62. The van der Waals surface area contributed by atoms with E-state index in [1.807, 2.05) is 24.3 Å². The van der Waals surface area contributed by atoms with Crippen LogP contribution >= 0.6 is 0 Å². The lowest BCUT2D eigenvalue weighted by Gasteiger charge is -2.12. The molecule has 0 aliphatic heterocycles. The smallest absolute Gasteiger partial charge is 0.139 e. The molecule has 3 rings (SSSR count). The summed E-state index contributed by atoms with van der Waals surface area (Å²) in [5.41, 5.74) is 2.61. The van der Waals surface area contributed by atoms with Crippen LogP contribution in [0.1, 0.15) is 23.8 Å². The average Bonchev–Trinajstić information content (AvgIpc) is 2.82. The minimum Gasteiger partial charge on any atom is -0.497 e. The van der Waals surface area contributed by atoms with Gasteiger partial charge < -0.3 is 15.2 Å². The van der Waals surface area contributed by atoms with Crippen LogP contribution in [0, 0.1) is 0 Å². The minimum atomic E-state index is -0.482. The first-order chi connectivity index (χ1) is 9.28. The van der Waals surface area contributed by atoms with E-state index in [9.17, 15) is 5.11 Å². The van der Waals surface area contributed by atoms with E-state index >= 15 is 0 Å². The molecule has 5 heteroatoms. The van der Waals surface area contributed by atoms with Gasteiger partial charge in [-0.05, 0) is 25.0 Å². The normalized spacial score (nSPS) is 17.1. The third-order valence-electron chi connectivity index (χ3n) is 3.29. The van der Waals surface area contributed by atoms with Gasteiger partial charge in [0, 0.05) is 17.3 Å². The van der Waals surface area contributed by atoms with E-state index < -0.39 is 6.10 Å². The number of aliphatic hydroxyl groups is 1. The molecule has 0 fully saturated rings. The summed E-state index contributed by atoms with van der Waals surface area (Å²) in [5.74, 6) is 1.44. The molecule has 98 valence electrons. The molecule has 19 heavy (non-hydrogen) atoms. The Morgan fingerprint density at radius 1 is 1.37 bits per heavy atom. The van der Waals surface area contributed by atoms with Gasteiger partial charge in [0.25, 0.3) is 0 Å². The Morgan fingerprint density at radius 2 is 2.26 bits per heavy atom. The van der Waals surface area contributed by atoms with Gasteiger partial charge >= 0.3 is 0 Å². The lowest BCUT2D eigenvalue weighted by Crippen LogP contribution is -2.03. The summed E-state index contributed by atoms with van der Waals surface area (Å²) >= 11 is 0. The molecule has 1 heterocycles. The minimum absolute atomic E-state index is 0.482. The van der Waals surface area contributed by atoms with Crippen LogP contribution in [0.4, 0.5) is 11.5 Å². The number of methoxy groups -OCH3 is 1. The molecule has 1 aliphatic rings. The number of fused-ring (bicyclic) bond motifs is 1. The topological polar surface area (TPSA) is 67.3 Å². The first-order valence-corrected chi connectivity index (χ1v) is 6.21. The van der Waals surface area contributed by atoms with E-state index in [0.717, 1.165) is 29.1 Å². The summed E-state index contributed by atoms with van der Waals surface area (Å²) < 4.78 is 5.18. The average molecular weight is 257 g/mol. The maximum Gasteiger partial charge on any atom is 0.139 e. The van der Waals surface area contributed by atoms with Gasteiger partial charge in [0.2, 0.25) is 0 Å². The fourth-order valence-corrected chi connectivity index (χ4v) is 2.34. The number of anilines is 2. The van der Waals surface area contributed by atoms with Crippen molar-refractivity contribution in [3.63, 3.8) is 0 Å². The van der Waals surface area contributed by atoms with E-state index in [0.29, 0.717) is 12.2 Å². The summed E-state index contributed by atoms with van der Waals surface area (Å²) in [6.07, 6.45) is 2.55. The van der Waals surface area contributed by atoms with E-state index in [2.05, 4.69) is 15.3 Å². The second kappa shape index (κ2) is 4.85. The van der Waals surface area contributed by atoms with Crippen molar-refractivity contribution in [2.45, 2.75) is 18.9 Å². The van der Waals surface area contributed by atoms with Crippen LogP contribution < -0.4 is 10.1 Å². The largest absolute Gasteiger partial charge is 0.497 e. The molecule has 0 radical (unpaired) electrons. The number of aromatic nitrogens is 2. The Morgan fingerprint density at radius 3 is 3.11 bits per heavy atom. The van der Waals surface area contributed by atoms with E-state index in [4.69, 9.17) is 4.74 Å². The maximum atomic E-state index is 10.00. The van der Waals surface area contributed by atoms with Crippen LogP contribution in [-0.2, 0) is 6.42 Å². The molecule has 1 aromatic heterocycles. The molecule has 2 N–H and O–H groups in total. The number of nitrogens with zero attached hydrogens (tertiary/aromatic N) is 2. The summed E-state index contributed by atoms with van der Waals surface area (Å²) in [6.45, 7) is 0. The van der Waals surface area contributed by atoms with Gasteiger partial charge in [0.1, 0.15) is 17.9 Å². The zero-order chi connectivity index (χ0) is 13.2. The quantitative estimate of drug-likeness (QED) is 0.882. The van der Waals surface area contributed by atoms with Crippen molar-refractivity contribution in [3.8, 4) is 5.75 Å². The van der Waals surface area contributed by atoms with Gasteiger partial charge in [0.05, 0.1) is 18.9 Å². The zero-order valence-corrected chi connectivity index (χ0v) is 10.6. The van der Waals surface area contributed by atoms with Gasteiger partial charge in [-0.3, -0.25) is 0 Å². The van der Waals surface area contributed by atoms with E-state index in [1.54, 1.807) is 7.11 Å². The van der Waals surface area contributed by atoms with Crippen LogP contribution in [0.25, 0.3) is 0 Å². The number of hydrogen-bond donors (Lipinski definition) is 2. The van der Waals surface area contributed by atoms with Gasteiger partial charge in [0.15, 0.2) is 0 Å². The number of hydrogen-bond acceptors (Lipinski definition) is 5. The summed E-state index contributed by atoms with van der Waals surface area (Å²) in [6, 6.07) is 7.59. The van der Waals surface area contributed by atoms with Gasteiger partial charge in [-0.15, -0.1) is 0 Å². The molecule has 0 bridgehead atoms. The number of aryl methyl sites for hydroxylation is 1. The lowest BCUT2D eigenvalue weighted by atomic mass is 10.2. The molecule has 1 unspecified atom stereocenters. The lowest BCUT2D eigenvalue weighted by molar-refractivity contribution is 0.180. The van der Waals surface area contributed by atoms with Crippen molar-refractivity contribution < 1.29 is 9.84 Å². The van der Waals surface area contributed by atoms with E-state index in [-0.39, 0.29) is 0 Å². The molecule has 2 aromatic rings. The highest BCUT2D eigenvalue weighted by Gasteiger charge is 2.25. The molecular formula is C14H15N3O2. The molecule has 1 aliphatic carbocycles. The third kappa shape index (κ3) is 2.24. The fraction of sp³-hybridized carbons (Fsp3) is 0.286. The summed E-state index contributed by atoms with van der Waals surface area (Å²) in [7, 11) is 1.63. The highest BCUT2D eigenvalue weighted by atomic mass is 16.5. The van der Waals surface area contributed by atoms with Crippen molar-refractivity contribution >= 4 is 11.5 Å². The van der Waals surface area contributed by atoms with Crippen LogP contribution in [0.15, 0.2) is 30.6 Å². The van der Waals surface area contributed by atoms with Crippen LogP contribution in [0.5, 0.6) is 5.75 Å². The Hall–Kier alpha value is -2.14. The van der Waals surface area contributed by atoms with Gasteiger partial charge in [-0.1, -0.05) is 6.07 Å². The van der Waals surface area contributed by atoms with Crippen LogP contribution in [0.2, 0.25) is 0 Å². The monoisotopic (exact) mass is 257 g/mol. The number of aliphatic hydroxyl groups excluding tert-OH is 1. The number of nitrogens with one attached hydrogen (secondary N) is 1. The zero-order valence-electron chi connectivity index (χ0n) is 10.6. The predicted octanol–water partition coefficient (Wildman–Crippen LogP) is 2.21. The highest BCUT2D eigenvalue weighted by Crippen LogP contribution is 2.35. The van der Waals surface area contributed by atoms with Crippen LogP contribution in [-0.4, -0.2) is 22.2 Å². The number of benzene rings is 1. The molecule has 0 spiro atoms. The number of ether oxygens (including phenoxy) is 1. The molecule has 5 nitrogen and oxygen atoms in total. The Kier molecular flexibility index (Phi) is 3.05. The van der Waals surface area contributed by atoms with Crippen molar-refractivity contribution in [2.24, 2.45) is 0 Å². The van der Waals surface area contributed by atoms with Gasteiger partial charge in [-0.2, -0.15) is 0 Å². The molecule has 0 saturated heterocycles. The second-order valence-electron chi connectivity index (χ2n) is 4.49. The van der Waals surface area contributed by atoms with Gasteiger partial charge in [-0.25, -0.2) is 9.97 Å². The van der Waals surface area contributed by atoms with Crippen molar-refractivity contribution in [2.75, 3.05) is 12.4 Å². The molecule has 1 aromatic carbocycles. The Labute approximate surface area is 111 Å². The second-order valence-corrected chi connectivity index (χ2v) is 4.49. The number of rotatable bonds is 3. The molecule has 1 atom stereocenters. The fourth-order valence-electron chi connectivity index (χ4n) is 2.34. The maximum absolute atomic E-state index is 10.00. The van der Waals surface area contributed by atoms with Crippen molar-refractivity contribution in [1.82, 2.24) is 9.97 Å². The standard InChI is InChI=1S/C14H15N3O2/c1-19-10-4-2-3-9(7-10)17-14-13-11(15-8-16-14)5-6-12(13)18/h2-4,7-8,12,18H,5-6H2,1H3,(H,15,16,17). The first kappa shape index (κ1) is 11.9. The first-order valence-electron chi connectivity index (χ1n) is 6.21. The third-order valence-corrected chi connectivity index (χ3v) is 3.29. The van der Waals surface area contributed by atoms with Crippen molar-refractivity contribution in [1.29, 1.82) is 0 Å². The summed E-state index contributed by atoms with van der Waals surface area (Å²) in [5, 5.41) is 13.2. The molecular weight excluding hydrogens is 242 g/mol. The SMILES string of the molecule is COc1cccc(Nc2ncnc3c2C(O)CC3)c1. The van der Waals surface area contributed by atoms with Crippen molar-refractivity contribution in [3.05, 3.63) is 41.9 Å².